The molecule has 172 valence electrons. The van der Waals surface area contributed by atoms with Crippen molar-refractivity contribution in [3.63, 3.8) is 0 Å². The second kappa shape index (κ2) is 9.81. The molecule has 7 nitrogen and oxygen atoms in total. The number of halogens is 2. The Labute approximate surface area is 189 Å². The van der Waals surface area contributed by atoms with Crippen molar-refractivity contribution in [2.45, 2.75) is 12.8 Å². The topological polar surface area (TPSA) is 75.9 Å². The summed E-state index contributed by atoms with van der Waals surface area (Å²) in [6, 6.07) is 10.5. The van der Waals surface area contributed by atoms with Gasteiger partial charge < -0.3 is 19.0 Å². The molecule has 0 unspecified atom stereocenters. The lowest BCUT2D eigenvalue weighted by Gasteiger charge is -2.34. The van der Waals surface area contributed by atoms with Gasteiger partial charge in [-0.05, 0) is 30.3 Å². The van der Waals surface area contributed by atoms with Crippen LogP contribution < -0.4 is 4.74 Å². The molecule has 1 aliphatic heterocycles. The second-order valence-corrected chi connectivity index (χ2v) is 7.62. The van der Waals surface area contributed by atoms with Gasteiger partial charge in [0.15, 0.2) is 11.7 Å². The Bertz CT molecular complexity index is 1140. The molecule has 1 aliphatic rings. The average Bonchev–Trinajstić information content (AvgIpc) is 3.30. The van der Waals surface area contributed by atoms with Crippen LogP contribution in [-0.2, 0) is 11.2 Å². The van der Waals surface area contributed by atoms with Gasteiger partial charge in [0.25, 0.3) is 5.91 Å². The van der Waals surface area contributed by atoms with Crippen LogP contribution in [0.3, 0.4) is 0 Å². The number of carbonyl (C=O) groups is 2. The van der Waals surface area contributed by atoms with Crippen LogP contribution in [0, 0.1) is 11.6 Å². The number of rotatable bonds is 6. The fourth-order valence-electron chi connectivity index (χ4n) is 3.74. The maximum atomic E-state index is 13.9. The highest BCUT2D eigenvalue weighted by atomic mass is 19.1. The summed E-state index contributed by atoms with van der Waals surface area (Å²) in [7, 11) is 1.55. The first-order valence-corrected chi connectivity index (χ1v) is 10.6. The van der Waals surface area contributed by atoms with Crippen molar-refractivity contribution in [3.8, 4) is 17.1 Å². The molecular weight excluding hydrogens is 432 g/mol. The summed E-state index contributed by atoms with van der Waals surface area (Å²) in [5, 5.41) is 0. The van der Waals surface area contributed by atoms with Crippen molar-refractivity contribution in [3.05, 3.63) is 71.8 Å². The zero-order chi connectivity index (χ0) is 23.4. The summed E-state index contributed by atoms with van der Waals surface area (Å²) >= 11 is 0. The highest BCUT2D eigenvalue weighted by molar-refractivity contribution is 5.94. The smallest absolute Gasteiger partial charge is 0.254 e. The molecule has 0 atom stereocenters. The molecule has 33 heavy (non-hydrogen) atoms. The van der Waals surface area contributed by atoms with Gasteiger partial charge in [-0.2, -0.15) is 0 Å². The van der Waals surface area contributed by atoms with Gasteiger partial charge in [-0.1, -0.05) is 12.1 Å². The van der Waals surface area contributed by atoms with E-state index in [0.717, 1.165) is 12.1 Å². The molecule has 9 heteroatoms. The third kappa shape index (κ3) is 5.02. The van der Waals surface area contributed by atoms with Crippen LogP contribution >= 0.6 is 0 Å². The van der Waals surface area contributed by atoms with E-state index in [2.05, 4.69) is 4.98 Å². The van der Waals surface area contributed by atoms with E-state index < -0.39 is 11.6 Å². The highest BCUT2D eigenvalue weighted by Crippen LogP contribution is 2.27. The van der Waals surface area contributed by atoms with Crippen LogP contribution in [0.1, 0.15) is 22.7 Å². The van der Waals surface area contributed by atoms with Gasteiger partial charge in [0.1, 0.15) is 17.4 Å². The zero-order valence-corrected chi connectivity index (χ0v) is 18.1. The summed E-state index contributed by atoms with van der Waals surface area (Å²) in [6.07, 6.45) is 1.60. The van der Waals surface area contributed by atoms with E-state index in [0.29, 0.717) is 37.5 Å². The molecule has 0 aliphatic carbocycles. The monoisotopic (exact) mass is 455 g/mol. The van der Waals surface area contributed by atoms with E-state index >= 15 is 0 Å². The number of amides is 2. The van der Waals surface area contributed by atoms with Crippen LogP contribution in [0.25, 0.3) is 11.3 Å². The molecule has 3 aromatic rings. The van der Waals surface area contributed by atoms with E-state index in [9.17, 15) is 18.4 Å². The molecule has 0 bridgehead atoms. The fourth-order valence-corrected chi connectivity index (χ4v) is 3.74. The molecule has 0 N–H and O–H groups in total. The minimum absolute atomic E-state index is 0.0160. The Morgan fingerprint density at radius 1 is 1.03 bits per heavy atom. The third-order valence-electron chi connectivity index (χ3n) is 5.55. The van der Waals surface area contributed by atoms with Crippen molar-refractivity contribution in [1.82, 2.24) is 14.8 Å². The molecule has 1 aromatic heterocycles. The first kappa shape index (κ1) is 22.4. The largest absolute Gasteiger partial charge is 0.497 e. The predicted molar refractivity (Wildman–Crippen MR) is 116 cm³/mol. The number of hydrogen-bond acceptors (Lipinski definition) is 5. The summed E-state index contributed by atoms with van der Waals surface area (Å²) in [5.74, 6) is -0.855. The Balaban J connectivity index is 1.29. The Kier molecular flexibility index (Phi) is 6.67. The Morgan fingerprint density at radius 2 is 1.70 bits per heavy atom. The van der Waals surface area contributed by atoms with Crippen LogP contribution in [0.2, 0.25) is 0 Å². The molecule has 4 rings (SSSR count). The van der Waals surface area contributed by atoms with E-state index in [1.165, 1.54) is 12.3 Å². The first-order chi connectivity index (χ1) is 16.0. The lowest BCUT2D eigenvalue weighted by atomic mass is 10.1. The number of aromatic nitrogens is 1. The predicted octanol–water partition coefficient (Wildman–Crippen LogP) is 3.55. The maximum Gasteiger partial charge on any atom is 0.254 e. The van der Waals surface area contributed by atoms with Crippen molar-refractivity contribution in [2.75, 3.05) is 33.3 Å². The fraction of sp³-hybridized carbons (Fsp3) is 0.292. The minimum Gasteiger partial charge on any atom is -0.497 e. The van der Waals surface area contributed by atoms with Gasteiger partial charge in [0.2, 0.25) is 5.91 Å². The maximum absolute atomic E-state index is 13.9. The van der Waals surface area contributed by atoms with E-state index in [4.69, 9.17) is 9.15 Å². The molecule has 2 aromatic carbocycles. The Morgan fingerprint density at radius 3 is 2.39 bits per heavy atom. The van der Waals surface area contributed by atoms with Gasteiger partial charge in [-0.25, -0.2) is 13.8 Å². The molecule has 1 fully saturated rings. The lowest BCUT2D eigenvalue weighted by molar-refractivity contribution is -0.132. The molecule has 0 saturated carbocycles. The summed E-state index contributed by atoms with van der Waals surface area (Å²) in [4.78, 5) is 32.8. The number of carbonyl (C=O) groups excluding carboxylic acids is 2. The normalized spacial score (nSPS) is 13.8. The zero-order valence-electron chi connectivity index (χ0n) is 18.1. The third-order valence-corrected chi connectivity index (χ3v) is 5.55. The number of nitrogens with zero attached hydrogens (tertiary/aromatic N) is 3. The number of oxazole rings is 1. The summed E-state index contributed by atoms with van der Waals surface area (Å²) < 4.78 is 38.5. The molecule has 0 radical (unpaired) electrons. The van der Waals surface area contributed by atoms with Crippen molar-refractivity contribution in [1.29, 1.82) is 0 Å². The lowest BCUT2D eigenvalue weighted by Crippen LogP contribution is -2.50. The minimum atomic E-state index is -0.741. The van der Waals surface area contributed by atoms with Crippen molar-refractivity contribution >= 4 is 11.8 Å². The van der Waals surface area contributed by atoms with Crippen molar-refractivity contribution in [2.24, 2.45) is 0 Å². The van der Waals surface area contributed by atoms with Crippen LogP contribution in [-0.4, -0.2) is 59.9 Å². The van der Waals surface area contributed by atoms with Crippen LogP contribution in [0.15, 0.2) is 53.1 Å². The van der Waals surface area contributed by atoms with Gasteiger partial charge >= 0.3 is 0 Å². The molecule has 0 spiro atoms. The number of benzene rings is 2. The number of aryl methyl sites for hydroxylation is 1. The molecule has 1 saturated heterocycles. The number of hydrogen-bond donors (Lipinski definition) is 0. The van der Waals surface area contributed by atoms with Crippen molar-refractivity contribution < 1.29 is 27.5 Å². The Hall–Kier alpha value is -3.75. The first-order valence-electron chi connectivity index (χ1n) is 10.6. The summed E-state index contributed by atoms with van der Waals surface area (Å²) in [6.45, 7) is 1.70. The van der Waals surface area contributed by atoms with E-state index in [1.807, 2.05) is 0 Å². The van der Waals surface area contributed by atoms with Crippen LogP contribution in [0.5, 0.6) is 5.75 Å². The number of methoxy groups -OCH3 is 1. The van der Waals surface area contributed by atoms with E-state index in [-0.39, 0.29) is 41.9 Å². The molecule has 2 heterocycles. The standard InChI is InChI=1S/C24H23F2N3O4/c1-32-17-5-2-4-16(14-17)24(31)29-12-10-28(11-13-29)22(30)9-8-21-27-15-20(33-21)23-18(25)6-3-7-19(23)26/h2-7,14-15H,8-13H2,1H3. The molecular formula is C24H23F2N3O4. The summed E-state index contributed by atoms with van der Waals surface area (Å²) in [5.41, 5.74) is 0.263. The second-order valence-electron chi connectivity index (χ2n) is 7.62. The molecule has 2 amide bonds. The van der Waals surface area contributed by atoms with E-state index in [1.54, 1.807) is 41.2 Å². The average molecular weight is 455 g/mol. The van der Waals surface area contributed by atoms with Gasteiger partial charge in [0, 0.05) is 44.6 Å². The van der Waals surface area contributed by atoms with Gasteiger partial charge in [0.05, 0.1) is 18.9 Å². The quantitative estimate of drug-likeness (QED) is 0.568. The number of piperazine rings is 1. The van der Waals surface area contributed by atoms with Gasteiger partial charge in [-0.15, -0.1) is 0 Å². The number of ether oxygens (including phenoxy) is 1. The van der Waals surface area contributed by atoms with Crippen LogP contribution in [0.4, 0.5) is 8.78 Å². The highest BCUT2D eigenvalue weighted by Gasteiger charge is 2.25. The van der Waals surface area contributed by atoms with Gasteiger partial charge in [-0.3, -0.25) is 9.59 Å². The SMILES string of the molecule is COc1cccc(C(=O)N2CCN(C(=O)CCc3ncc(-c4c(F)cccc4F)o3)CC2)c1.